The third-order valence-corrected chi connectivity index (χ3v) is 5.65. The van der Waals surface area contributed by atoms with E-state index in [9.17, 15) is 13.2 Å². The van der Waals surface area contributed by atoms with Gasteiger partial charge in [-0.3, -0.25) is 0 Å². The fraction of sp³-hybridized carbons (Fsp3) is 0.467. The van der Waals surface area contributed by atoms with Crippen LogP contribution in [-0.2, 0) is 17.3 Å². The lowest BCUT2D eigenvalue weighted by molar-refractivity contribution is -0.0869. The molecule has 0 amide bonds. The number of hydrogen-bond acceptors (Lipinski definition) is 0. The second-order valence-corrected chi connectivity index (χ2v) is 7.65. The van der Waals surface area contributed by atoms with Gasteiger partial charge in [0.25, 0.3) is 0 Å². The molecule has 1 aromatic carbocycles. The minimum atomic E-state index is -4.20. The Bertz CT molecular complexity index is 606. The zero-order valence-electron chi connectivity index (χ0n) is 11.9. The van der Waals surface area contributed by atoms with Crippen LogP contribution in [0, 0.1) is 0 Å². The molecule has 20 heavy (non-hydrogen) atoms. The summed E-state index contributed by atoms with van der Waals surface area (Å²) in [6, 6.07) is 7.05. The predicted octanol–water partition coefficient (Wildman–Crippen LogP) is 2.93. The second kappa shape index (κ2) is 5.57. The third kappa shape index (κ3) is 2.96. The van der Waals surface area contributed by atoms with Crippen molar-refractivity contribution >= 4 is 20.6 Å². The number of fused-ring (bicyclic) bond motifs is 1. The molecule has 2 aromatic rings. The number of alkyl halides is 3. The Morgan fingerprint density at radius 3 is 2.15 bits per heavy atom. The van der Waals surface area contributed by atoms with E-state index in [0.717, 1.165) is 17.4 Å². The van der Waals surface area contributed by atoms with Crippen molar-refractivity contribution in [2.75, 3.05) is 0 Å². The van der Waals surface area contributed by atoms with Gasteiger partial charge in [0.2, 0.25) is 0 Å². The van der Waals surface area contributed by atoms with Gasteiger partial charge in [-0.25, -0.2) is 0 Å². The summed E-state index contributed by atoms with van der Waals surface area (Å²) in [6.45, 7) is 7.52. The van der Waals surface area contributed by atoms with Crippen LogP contribution in [0.1, 0.15) is 38.1 Å². The predicted molar refractivity (Wildman–Crippen MR) is 75.8 cm³/mol. The second-order valence-electron chi connectivity index (χ2n) is 5.69. The van der Waals surface area contributed by atoms with Crippen LogP contribution in [0.25, 0.3) is 10.1 Å². The van der Waals surface area contributed by atoms with Gasteiger partial charge in [0, 0.05) is 16.9 Å². The van der Waals surface area contributed by atoms with Crippen LogP contribution < -0.4 is 12.4 Å². The summed E-state index contributed by atoms with van der Waals surface area (Å²) in [6.07, 6.45) is 0.756. The van der Waals surface area contributed by atoms with E-state index in [0.29, 0.717) is 9.58 Å². The Labute approximate surface area is 126 Å². The van der Waals surface area contributed by atoms with Crippen molar-refractivity contribution in [1.82, 2.24) is 0 Å². The first-order chi connectivity index (χ1) is 8.66. The van der Waals surface area contributed by atoms with Gasteiger partial charge in [0.15, 0.2) is 9.58 Å². The van der Waals surface area contributed by atoms with Crippen LogP contribution in [-0.4, -0.2) is 0 Å². The van der Waals surface area contributed by atoms with E-state index in [-0.39, 0.29) is 12.4 Å². The van der Waals surface area contributed by atoms with Crippen molar-refractivity contribution in [3.05, 3.63) is 34.7 Å². The molecule has 0 saturated carbocycles. The van der Waals surface area contributed by atoms with Crippen molar-refractivity contribution < 1.29 is 25.6 Å². The van der Waals surface area contributed by atoms with Crippen molar-refractivity contribution in [1.29, 1.82) is 0 Å². The maximum absolute atomic E-state index is 13.4. The van der Waals surface area contributed by atoms with Crippen molar-refractivity contribution in [2.24, 2.45) is 0 Å². The monoisotopic (exact) mass is 322 g/mol. The number of halogens is 4. The number of benzene rings is 1. The summed E-state index contributed by atoms with van der Waals surface area (Å²) < 4.78 is 40.7. The molecule has 5 heteroatoms. The molecule has 1 atom stereocenters. The van der Waals surface area contributed by atoms with Crippen molar-refractivity contribution in [3.8, 4) is 0 Å². The summed E-state index contributed by atoms with van der Waals surface area (Å²) in [4.78, 5) is 0.496. The Hall–Kier alpha value is -0.740. The standard InChI is InChI=1S/C15H18F3S.ClH/c1-5-10-7-6-8-12-11(10)9-13(14(2,3)4)19(12)15(16,17)18;/h6-9H,5H2,1-4H3;1H/q+1;/p-1. The van der Waals surface area contributed by atoms with Crippen molar-refractivity contribution in [2.45, 2.75) is 45.0 Å². The van der Waals surface area contributed by atoms with Crippen molar-refractivity contribution in [3.63, 3.8) is 0 Å². The zero-order valence-corrected chi connectivity index (χ0v) is 13.5. The maximum Gasteiger partial charge on any atom is 0.600 e. The quantitative estimate of drug-likeness (QED) is 0.708. The number of thiophene rings is 1. The van der Waals surface area contributed by atoms with E-state index >= 15 is 0 Å². The molecule has 0 aliphatic rings. The molecule has 0 fully saturated rings. The first kappa shape index (κ1) is 17.3. The van der Waals surface area contributed by atoms with Gasteiger partial charge >= 0.3 is 5.51 Å². The zero-order chi connectivity index (χ0) is 14.4. The van der Waals surface area contributed by atoms with Crippen LogP contribution in [0.2, 0.25) is 0 Å². The highest BCUT2D eigenvalue weighted by molar-refractivity contribution is 7.38. The van der Waals surface area contributed by atoms with Crippen LogP contribution in [0.4, 0.5) is 13.2 Å². The largest absolute Gasteiger partial charge is 1.00 e. The van der Waals surface area contributed by atoms with Gasteiger partial charge < -0.3 is 12.4 Å². The van der Waals surface area contributed by atoms with Crippen LogP contribution in [0.15, 0.2) is 24.3 Å². The molecule has 1 unspecified atom stereocenters. The highest BCUT2D eigenvalue weighted by atomic mass is 35.5. The summed E-state index contributed by atoms with van der Waals surface area (Å²) in [7, 11) is -1.78. The molecule has 0 aliphatic heterocycles. The highest BCUT2D eigenvalue weighted by Gasteiger charge is 2.50. The van der Waals surface area contributed by atoms with E-state index in [4.69, 9.17) is 0 Å². The van der Waals surface area contributed by atoms with E-state index < -0.39 is 21.4 Å². The Morgan fingerprint density at radius 2 is 1.70 bits per heavy atom. The van der Waals surface area contributed by atoms with E-state index in [1.807, 2.05) is 33.8 Å². The highest BCUT2D eigenvalue weighted by Crippen LogP contribution is 2.54. The molecule has 0 nitrogen and oxygen atoms in total. The molecule has 0 aliphatic carbocycles. The summed E-state index contributed by atoms with van der Waals surface area (Å²) in [5, 5.41) is 0.788. The Balaban J connectivity index is 0.00000200. The topological polar surface area (TPSA) is 0 Å². The number of aryl methyl sites for hydroxylation is 1. The van der Waals surface area contributed by atoms with Gasteiger partial charge in [-0.2, -0.15) is 0 Å². The Morgan fingerprint density at radius 1 is 1.10 bits per heavy atom. The van der Waals surface area contributed by atoms with E-state index in [2.05, 4.69) is 0 Å². The van der Waals surface area contributed by atoms with E-state index in [1.165, 1.54) is 0 Å². The van der Waals surface area contributed by atoms with Crippen LogP contribution >= 0.6 is 10.5 Å². The molecule has 1 aromatic heterocycles. The fourth-order valence-corrected chi connectivity index (χ4v) is 4.53. The molecule has 0 radical (unpaired) electrons. The first-order valence-corrected chi connectivity index (χ1v) is 7.54. The van der Waals surface area contributed by atoms with Crippen LogP contribution in [0.5, 0.6) is 0 Å². The molecule has 112 valence electrons. The lowest BCUT2D eigenvalue weighted by Crippen LogP contribution is -3.00. The molecular formula is C15H18ClF3S. The molecule has 0 spiro atoms. The minimum Gasteiger partial charge on any atom is -1.00 e. The Kier molecular flexibility index (Phi) is 4.82. The maximum atomic E-state index is 13.4. The molecule has 2 rings (SSSR count). The SMILES string of the molecule is CCc1cccc2c1cc(C(C)(C)C)[s+]2C(F)(F)F.[Cl-]. The lowest BCUT2D eigenvalue weighted by Gasteiger charge is -2.13. The van der Waals surface area contributed by atoms with Gasteiger partial charge in [-0.05, 0) is 18.1 Å². The average Bonchev–Trinajstić information content (AvgIpc) is 2.66. The van der Waals surface area contributed by atoms with E-state index in [1.54, 1.807) is 18.2 Å². The van der Waals surface area contributed by atoms with Gasteiger partial charge in [-0.15, -0.1) is 13.2 Å². The normalized spacial score (nSPS) is 13.4. The first-order valence-electron chi connectivity index (χ1n) is 6.31. The molecule has 0 bridgehead atoms. The summed E-state index contributed by atoms with van der Waals surface area (Å²) in [5.41, 5.74) is -3.67. The molecule has 0 N–H and O–H groups in total. The third-order valence-electron chi connectivity index (χ3n) is 3.22. The number of hydrogen-bond donors (Lipinski definition) is 0. The smallest absolute Gasteiger partial charge is 0.600 e. The minimum absolute atomic E-state index is 0. The van der Waals surface area contributed by atoms with Crippen LogP contribution in [0.3, 0.4) is 0 Å². The molecule has 0 saturated heterocycles. The average molecular weight is 323 g/mol. The molecular weight excluding hydrogens is 305 g/mol. The summed E-state index contributed by atoms with van der Waals surface area (Å²) in [5.74, 6) is 0. The fourth-order valence-electron chi connectivity index (χ4n) is 2.32. The summed E-state index contributed by atoms with van der Waals surface area (Å²) >= 11 is 0. The lowest BCUT2D eigenvalue weighted by atomic mass is 9.94. The molecule has 1 heterocycles. The van der Waals surface area contributed by atoms with Gasteiger partial charge in [-0.1, -0.05) is 39.8 Å². The number of rotatable bonds is 1. The van der Waals surface area contributed by atoms with Gasteiger partial charge in [0.05, 0.1) is 10.5 Å². The van der Waals surface area contributed by atoms with Gasteiger partial charge in [0.1, 0.15) is 0 Å².